The summed E-state index contributed by atoms with van der Waals surface area (Å²) in [5, 5.41) is 2.80. The van der Waals surface area contributed by atoms with Gasteiger partial charge in [0.2, 0.25) is 0 Å². The lowest BCUT2D eigenvalue weighted by Gasteiger charge is -2.15. The number of amides is 1. The fourth-order valence-corrected chi connectivity index (χ4v) is 1.49. The van der Waals surface area contributed by atoms with E-state index in [1.807, 2.05) is 45.0 Å². The summed E-state index contributed by atoms with van der Waals surface area (Å²) < 4.78 is 5.07. The molecular formula is C14H22N2O2. The van der Waals surface area contributed by atoms with Crippen LogP contribution in [0.2, 0.25) is 0 Å². The number of nitrogens with one attached hydrogen (secondary N) is 1. The molecule has 0 spiro atoms. The van der Waals surface area contributed by atoms with Crippen molar-refractivity contribution in [2.45, 2.75) is 33.4 Å². The van der Waals surface area contributed by atoms with Crippen LogP contribution in [0.25, 0.3) is 0 Å². The Bertz CT molecular complexity index is 374. The van der Waals surface area contributed by atoms with Crippen molar-refractivity contribution in [2.24, 2.45) is 11.7 Å². The van der Waals surface area contributed by atoms with Crippen LogP contribution < -0.4 is 11.1 Å². The van der Waals surface area contributed by atoms with Gasteiger partial charge in [0.05, 0.1) is 12.6 Å². The topological polar surface area (TPSA) is 64.3 Å². The van der Waals surface area contributed by atoms with E-state index < -0.39 is 0 Å². The Hall–Kier alpha value is -1.55. The van der Waals surface area contributed by atoms with Gasteiger partial charge >= 0.3 is 6.09 Å². The Morgan fingerprint density at radius 1 is 1.28 bits per heavy atom. The summed E-state index contributed by atoms with van der Waals surface area (Å²) in [7, 11) is 0. The quantitative estimate of drug-likeness (QED) is 0.844. The van der Waals surface area contributed by atoms with Crippen LogP contribution in [0.4, 0.5) is 4.79 Å². The summed E-state index contributed by atoms with van der Waals surface area (Å²) in [5.74, 6) is 0.342. The van der Waals surface area contributed by atoms with Crippen molar-refractivity contribution in [1.82, 2.24) is 5.32 Å². The zero-order chi connectivity index (χ0) is 13.5. The minimum atomic E-state index is -0.376. The third-order valence-corrected chi connectivity index (χ3v) is 2.60. The van der Waals surface area contributed by atoms with Gasteiger partial charge in [0.15, 0.2) is 0 Å². The first-order chi connectivity index (χ1) is 8.52. The number of ether oxygens (including phenoxy) is 1. The molecule has 4 nitrogen and oxygen atoms in total. The van der Waals surface area contributed by atoms with Gasteiger partial charge in [0.25, 0.3) is 0 Å². The first kappa shape index (κ1) is 14.5. The third kappa shape index (κ3) is 4.75. The van der Waals surface area contributed by atoms with E-state index in [4.69, 9.17) is 10.5 Å². The van der Waals surface area contributed by atoms with Gasteiger partial charge in [-0.3, -0.25) is 0 Å². The average Bonchev–Trinajstić information content (AvgIpc) is 2.36. The second kappa shape index (κ2) is 7.01. The van der Waals surface area contributed by atoms with Gasteiger partial charge in [-0.05, 0) is 24.0 Å². The standard InChI is InChI=1S/C14H22N2O2/c1-10(2)9-18-14(17)16-11(3)13-6-4-12(8-15)5-7-13/h4-7,10-11H,8-9,15H2,1-3H3,(H,16,17). The minimum Gasteiger partial charge on any atom is -0.449 e. The molecule has 3 N–H and O–H groups in total. The normalized spacial score (nSPS) is 12.3. The smallest absolute Gasteiger partial charge is 0.407 e. The van der Waals surface area contributed by atoms with Crippen molar-refractivity contribution in [3.05, 3.63) is 35.4 Å². The lowest BCUT2D eigenvalue weighted by Crippen LogP contribution is -2.28. The second-order valence-corrected chi connectivity index (χ2v) is 4.80. The van der Waals surface area contributed by atoms with E-state index in [0.717, 1.165) is 11.1 Å². The Morgan fingerprint density at radius 2 is 1.89 bits per heavy atom. The van der Waals surface area contributed by atoms with Gasteiger partial charge in [0.1, 0.15) is 0 Å². The predicted molar refractivity (Wildman–Crippen MR) is 72.1 cm³/mol. The molecule has 1 amide bonds. The fraction of sp³-hybridized carbons (Fsp3) is 0.500. The minimum absolute atomic E-state index is 0.0727. The molecule has 1 atom stereocenters. The molecule has 0 aliphatic heterocycles. The largest absolute Gasteiger partial charge is 0.449 e. The van der Waals surface area contributed by atoms with Crippen LogP contribution in [0, 0.1) is 5.92 Å². The summed E-state index contributed by atoms with van der Waals surface area (Å²) in [6.45, 7) is 6.89. The Balaban J connectivity index is 2.48. The Morgan fingerprint density at radius 3 is 2.39 bits per heavy atom. The number of hydrogen-bond acceptors (Lipinski definition) is 3. The van der Waals surface area contributed by atoms with E-state index in [9.17, 15) is 4.79 Å². The van der Waals surface area contributed by atoms with Gasteiger partial charge in [-0.15, -0.1) is 0 Å². The van der Waals surface area contributed by atoms with E-state index in [1.54, 1.807) is 0 Å². The van der Waals surface area contributed by atoms with E-state index in [-0.39, 0.29) is 12.1 Å². The van der Waals surface area contributed by atoms with Crippen LogP contribution in [0.5, 0.6) is 0 Å². The molecule has 1 aromatic rings. The number of rotatable bonds is 5. The van der Waals surface area contributed by atoms with Gasteiger partial charge in [-0.2, -0.15) is 0 Å². The van der Waals surface area contributed by atoms with Crippen molar-refractivity contribution < 1.29 is 9.53 Å². The Kier molecular flexibility index (Phi) is 5.65. The van der Waals surface area contributed by atoms with Crippen LogP contribution >= 0.6 is 0 Å². The predicted octanol–water partition coefficient (Wildman–Crippen LogP) is 2.59. The molecule has 4 heteroatoms. The van der Waals surface area contributed by atoms with Crippen molar-refractivity contribution in [2.75, 3.05) is 6.61 Å². The van der Waals surface area contributed by atoms with Crippen molar-refractivity contribution >= 4 is 6.09 Å². The monoisotopic (exact) mass is 250 g/mol. The maximum absolute atomic E-state index is 11.5. The van der Waals surface area contributed by atoms with Gasteiger partial charge in [-0.1, -0.05) is 38.1 Å². The molecule has 0 aliphatic rings. The lowest BCUT2D eigenvalue weighted by molar-refractivity contribution is 0.130. The molecular weight excluding hydrogens is 228 g/mol. The number of nitrogens with two attached hydrogens (primary N) is 1. The summed E-state index contributed by atoms with van der Waals surface area (Å²) in [4.78, 5) is 11.5. The summed E-state index contributed by atoms with van der Waals surface area (Å²) in [6.07, 6.45) is -0.376. The van der Waals surface area contributed by atoms with E-state index >= 15 is 0 Å². The second-order valence-electron chi connectivity index (χ2n) is 4.80. The van der Waals surface area contributed by atoms with Crippen LogP contribution in [0.3, 0.4) is 0 Å². The molecule has 0 fully saturated rings. The van der Waals surface area contributed by atoms with Crippen molar-refractivity contribution in [1.29, 1.82) is 0 Å². The number of alkyl carbamates (subject to hydrolysis) is 1. The van der Waals surface area contributed by atoms with E-state index in [1.165, 1.54) is 0 Å². The van der Waals surface area contributed by atoms with Gasteiger partial charge in [0, 0.05) is 6.54 Å². The van der Waals surface area contributed by atoms with Crippen molar-refractivity contribution in [3.63, 3.8) is 0 Å². The highest BCUT2D eigenvalue weighted by molar-refractivity contribution is 5.67. The summed E-state index contributed by atoms with van der Waals surface area (Å²) in [6, 6.07) is 7.79. The highest BCUT2D eigenvalue weighted by Gasteiger charge is 2.10. The maximum atomic E-state index is 11.5. The maximum Gasteiger partial charge on any atom is 0.407 e. The molecule has 1 unspecified atom stereocenters. The van der Waals surface area contributed by atoms with Gasteiger partial charge < -0.3 is 15.8 Å². The third-order valence-electron chi connectivity index (χ3n) is 2.60. The molecule has 18 heavy (non-hydrogen) atoms. The number of carbonyl (C=O) groups excluding carboxylic acids is 1. The molecule has 0 radical (unpaired) electrons. The van der Waals surface area contributed by atoms with Crippen LogP contribution in [-0.2, 0) is 11.3 Å². The van der Waals surface area contributed by atoms with E-state index in [0.29, 0.717) is 19.1 Å². The molecule has 0 heterocycles. The molecule has 100 valence electrons. The first-order valence-electron chi connectivity index (χ1n) is 6.25. The molecule has 0 bridgehead atoms. The zero-order valence-electron chi connectivity index (χ0n) is 11.3. The fourth-order valence-electron chi connectivity index (χ4n) is 1.49. The zero-order valence-corrected chi connectivity index (χ0v) is 11.3. The highest BCUT2D eigenvalue weighted by Crippen LogP contribution is 2.13. The molecule has 0 saturated carbocycles. The molecule has 0 aromatic heterocycles. The molecule has 1 rings (SSSR count). The highest BCUT2D eigenvalue weighted by atomic mass is 16.5. The number of hydrogen-bond donors (Lipinski definition) is 2. The summed E-state index contributed by atoms with van der Waals surface area (Å²) >= 11 is 0. The van der Waals surface area contributed by atoms with Crippen LogP contribution in [-0.4, -0.2) is 12.7 Å². The molecule has 0 saturated heterocycles. The number of benzene rings is 1. The van der Waals surface area contributed by atoms with E-state index in [2.05, 4.69) is 5.32 Å². The van der Waals surface area contributed by atoms with Crippen LogP contribution in [0.1, 0.15) is 37.9 Å². The SMILES string of the molecule is CC(C)COC(=O)NC(C)c1ccc(CN)cc1. The molecule has 0 aliphatic carbocycles. The Labute approximate surface area is 109 Å². The lowest BCUT2D eigenvalue weighted by atomic mass is 10.1. The average molecular weight is 250 g/mol. The molecule has 1 aromatic carbocycles. The summed E-state index contributed by atoms with van der Waals surface area (Å²) in [5.41, 5.74) is 7.65. The van der Waals surface area contributed by atoms with Crippen molar-refractivity contribution in [3.8, 4) is 0 Å². The number of carbonyl (C=O) groups is 1. The van der Waals surface area contributed by atoms with Gasteiger partial charge in [-0.25, -0.2) is 4.79 Å². The first-order valence-corrected chi connectivity index (χ1v) is 6.25. The van der Waals surface area contributed by atoms with Crippen LogP contribution in [0.15, 0.2) is 24.3 Å².